The standard InChI is InChI=1S/C16H18O/c1-4-13-10-14(17)8-9-16(13)15-7-5-6-11(2)12(15)3/h5-10,17H,4H2,1-3H3. The summed E-state index contributed by atoms with van der Waals surface area (Å²) in [5, 5.41) is 9.54. The molecule has 0 bridgehead atoms. The topological polar surface area (TPSA) is 20.2 Å². The van der Waals surface area contributed by atoms with Crippen molar-refractivity contribution >= 4 is 0 Å². The second-order valence-electron chi connectivity index (χ2n) is 4.44. The average Bonchev–Trinajstić information content (AvgIpc) is 2.33. The van der Waals surface area contributed by atoms with Gasteiger partial charge in [-0.15, -0.1) is 0 Å². The molecule has 1 N–H and O–H groups in total. The number of aromatic hydroxyl groups is 1. The van der Waals surface area contributed by atoms with Crippen molar-refractivity contribution in [3.8, 4) is 16.9 Å². The summed E-state index contributed by atoms with van der Waals surface area (Å²) in [5.74, 6) is 0.343. The second-order valence-corrected chi connectivity index (χ2v) is 4.44. The second kappa shape index (κ2) is 4.62. The SMILES string of the molecule is CCc1cc(O)ccc1-c1cccc(C)c1C. The van der Waals surface area contributed by atoms with Gasteiger partial charge in [0.25, 0.3) is 0 Å². The molecule has 2 aromatic carbocycles. The van der Waals surface area contributed by atoms with Crippen molar-refractivity contribution in [2.75, 3.05) is 0 Å². The maximum Gasteiger partial charge on any atom is 0.115 e. The summed E-state index contributed by atoms with van der Waals surface area (Å²) in [4.78, 5) is 0. The van der Waals surface area contributed by atoms with Gasteiger partial charge in [0.05, 0.1) is 0 Å². The molecule has 0 aliphatic rings. The van der Waals surface area contributed by atoms with Crippen molar-refractivity contribution in [1.82, 2.24) is 0 Å². The zero-order chi connectivity index (χ0) is 12.4. The molecule has 0 aliphatic heterocycles. The molecule has 0 unspecified atom stereocenters. The fourth-order valence-corrected chi connectivity index (χ4v) is 2.18. The third-order valence-electron chi connectivity index (χ3n) is 3.36. The van der Waals surface area contributed by atoms with Gasteiger partial charge in [0.1, 0.15) is 5.75 Å². The van der Waals surface area contributed by atoms with Crippen LogP contribution in [-0.2, 0) is 6.42 Å². The minimum absolute atomic E-state index is 0.343. The minimum atomic E-state index is 0.343. The monoisotopic (exact) mass is 226 g/mol. The Balaban J connectivity index is 2.64. The average molecular weight is 226 g/mol. The molecule has 0 fully saturated rings. The third-order valence-corrected chi connectivity index (χ3v) is 3.36. The van der Waals surface area contributed by atoms with E-state index in [1.807, 2.05) is 12.1 Å². The Bertz CT molecular complexity index is 541. The Morgan fingerprint density at radius 3 is 2.47 bits per heavy atom. The summed E-state index contributed by atoms with van der Waals surface area (Å²) in [5.41, 5.74) is 6.30. The first-order valence-corrected chi connectivity index (χ1v) is 6.02. The van der Waals surface area contributed by atoms with Crippen LogP contribution in [0.25, 0.3) is 11.1 Å². The highest BCUT2D eigenvalue weighted by Gasteiger charge is 2.08. The molecule has 0 heterocycles. The molecule has 17 heavy (non-hydrogen) atoms. The van der Waals surface area contributed by atoms with Gasteiger partial charge >= 0.3 is 0 Å². The van der Waals surface area contributed by atoms with Crippen LogP contribution in [-0.4, -0.2) is 5.11 Å². The van der Waals surface area contributed by atoms with E-state index in [1.54, 1.807) is 6.07 Å². The molecule has 0 spiro atoms. The lowest BCUT2D eigenvalue weighted by atomic mass is 9.92. The minimum Gasteiger partial charge on any atom is -0.508 e. The van der Waals surface area contributed by atoms with E-state index < -0.39 is 0 Å². The smallest absolute Gasteiger partial charge is 0.115 e. The highest BCUT2D eigenvalue weighted by Crippen LogP contribution is 2.30. The van der Waals surface area contributed by atoms with Crippen LogP contribution in [0.15, 0.2) is 36.4 Å². The molecule has 0 aliphatic carbocycles. The van der Waals surface area contributed by atoms with Crippen molar-refractivity contribution < 1.29 is 5.11 Å². The molecule has 0 aromatic heterocycles. The van der Waals surface area contributed by atoms with E-state index in [1.165, 1.54) is 27.8 Å². The molecule has 0 amide bonds. The van der Waals surface area contributed by atoms with Gasteiger partial charge in [-0.05, 0) is 60.2 Å². The molecule has 2 rings (SSSR count). The Hall–Kier alpha value is -1.76. The van der Waals surface area contributed by atoms with Crippen molar-refractivity contribution in [3.05, 3.63) is 53.1 Å². The molecule has 0 saturated heterocycles. The number of rotatable bonds is 2. The Morgan fingerprint density at radius 2 is 1.76 bits per heavy atom. The molecule has 2 aromatic rings. The van der Waals surface area contributed by atoms with Gasteiger partial charge in [0.2, 0.25) is 0 Å². The molecular weight excluding hydrogens is 208 g/mol. The normalized spacial score (nSPS) is 10.5. The number of hydrogen-bond donors (Lipinski definition) is 1. The maximum atomic E-state index is 9.54. The van der Waals surface area contributed by atoms with Crippen LogP contribution in [0.1, 0.15) is 23.6 Å². The first-order chi connectivity index (χ1) is 8.13. The Morgan fingerprint density at radius 1 is 1.00 bits per heavy atom. The van der Waals surface area contributed by atoms with Crippen LogP contribution in [0.3, 0.4) is 0 Å². The van der Waals surface area contributed by atoms with E-state index in [0.717, 1.165) is 6.42 Å². The summed E-state index contributed by atoms with van der Waals surface area (Å²) in [7, 11) is 0. The van der Waals surface area contributed by atoms with Crippen LogP contribution in [0.4, 0.5) is 0 Å². The van der Waals surface area contributed by atoms with Crippen LogP contribution in [0, 0.1) is 13.8 Å². The zero-order valence-corrected chi connectivity index (χ0v) is 10.6. The lowest BCUT2D eigenvalue weighted by Gasteiger charge is -2.13. The predicted octanol–water partition coefficient (Wildman–Crippen LogP) is 4.24. The number of benzene rings is 2. The fourth-order valence-electron chi connectivity index (χ4n) is 2.18. The van der Waals surface area contributed by atoms with E-state index in [4.69, 9.17) is 0 Å². The van der Waals surface area contributed by atoms with Gasteiger partial charge in [0, 0.05) is 0 Å². The van der Waals surface area contributed by atoms with Gasteiger partial charge < -0.3 is 5.11 Å². The van der Waals surface area contributed by atoms with E-state index in [9.17, 15) is 5.11 Å². The third kappa shape index (κ3) is 2.19. The Kier molecular flexibility index (Phi) is 3.19. The number of hydrogen-bond acceptors (Lipinski definition) is 1. The van der Waals surface area contributed by atoms with Crippen LogP contribution in [0.5, 0.6) is 5.75 Å². The molecule has 1 nitrogen and oxygen atoms in total. The summed E-state index contributed by atoms with van der Waals surface area (Å²) >= 11 is 0. The van der Waals surface area contributed by atoms with Crippen LogP contribution < -0.4 is 0 Å². The molecule has 88 valence electrons. The number of phenolic OH excluding ortho intramolecular Hbond substituents is 1. The van der Waals surface area contributed by atoms with E-state index in [0.29, 0.717) is 5.75 Å². The summed E-state index contributed by atoms with van der Waals surface area (Å²) in [6.45, 7) is 6.39. The van der Waals surface area contributed by atoms with Crippen molar-refractivity contribution in [1.29, 1.82) is 0 Å². The highest BCUT2D eigenvalue weighted by atomic mass is 16.3. The largest absolute Gasteiger partial charge is 0.508 e. The van der Waals surface area contributed by atoms with Crippen LogP contribution in [0.2, 0.25) is 0 Å². The van der Waals surface area contributed by atoms with Crippen molar-refractivity contribution in [2.24, 2.45) is 0 Å². The lowest BCUT2D eigenvalue weighted by Crippen LogP contribution is -1.91. The maximum absolute atomic E-state index is 9.54. The van der Waals surface area contributed by atoms with Crippen molar-refractivity contribution in [3.63, 3.8) is 0 Å². The molecule has 0 saturated carbocycles. The number of aryl methyl sites for hydroxylation is 2. The summed E-state index contributed by atoms with van der Waals surface area (Å²) in [6.07, 6.45) is 0.928. The first kappa shape index (κ1) is 11.7. The zero-order valence-electron chi connectivity index (χ0n) is 10.6. The highest BCUT2D eigenvalue weighted by molar-refractivity contribution is 5.72. The predicted molar refractivity (Wildman–Crippen MR) is 72.4 cm³/mol. The molecule has 1 heteroatoms. The fraction of sp³-hybridized carbons (Fsp3) is 0.250. The lowest BCUT2D eigenvalue weighted by molar-refractivity contribution is 0.474. The van der Waals surface area contributed by atoms with Crippen LogP contribution >= 0.6 is 0 Å². The van der Waals surface area contributed by atoms with E-state index >= 15 is 0 Å². The van der Waals surface area contributed by atoms with Gasteiger partial charge in [-0.3, -0.25) is 0 Å². The summed E-state index contributed by atoms with van der Waals surface area (Å²) in [6, 6.07) is 12.0. The first-order valence-electron chi connectivity index (χ1n) is 6.02. The molecule has 0 atom stereocenters. The van der Waals surface area contributed by atoms with Gasteiger partial charge in [-0.25, -0.2) is 0 Å². The van der Waals surface area contributed by atoms with Gasteiger partial charge in [-0.2, -0.15) is 0 Å². The van der Waals surface area contributed by atoms with Crippen molar-refractivity contribution in [2.45, 2.75) is 27.2 Å². The quantitative estimate of drug-likeness (QED) is 0.812. The Labute approximate surface area is 103 Å². The summed E-state index contributed by atoms with van der Waals surface area (Å²) < 4.78 is 0. The van der Waals surface area contributed by atoms with E-state index in [-0.39, 0.29) is 0 Å². The number of phenols is 1. The van der Waals surface area contributed by atoms with Gasteiger partial charge in [0.15, 0.2) is 0 Å². The molecule has 0 radical (unpaired) electrons. The van der Waals surface area contributed by atoms with Gasteiger partial charge in [-0.1, -0.05) is 31.2 Å². The van der Waals surface area contributed by atoms with E-state index in [2.05, 4.69) is 39.0 Å². The molecular formula is C16H18O.